The van der Waals surface area contributed by atoms with Gasteiger partial charge in [-0.25, -0.2) is 0 Å². The first-order valence-corrected chi connectivity index (χ1v) is 8.65. The summed E-state index contributed by atoms with van der Waals surface area (Å²) >= 11 is 0. The van der Waals surface area contributed by atoms with Crippen LogP contribution in [0, 0.1) is 22.7 Å². The van der Waals surface area contributed by atoms with Gasteiger partial charge >= 0.3 is 0 Å². The van der Waals surface area contributed by atoms with Gasteiger partial charge in [0, 0.05) is 11.8 Å². The Morgan fingerprint density at radius 1 is 0.654 bits per heavy atom. The summed E-state index contributed by atoms with van der Waals surface area (Å²) < 4.78 is 0. The van der Waals surface area contributed by atoms with Gasteiger partial charge in [0.25, 0.3) is 0 Å². The van der Waals surface area contributed by atoms with Crippen LogP contribution >= 0.6 is 0 Å². The molecule has 0 unspecified atom stereocenters. The smallest absolute Gasteiger partial charge is 0.130 e. The molecule has 2 heteroatoms. The van der Waals surface area contributed by atoms with E-state index in [1.807, 2.05) is 18.2 Å². The summed E-state index contributed by atoms with van der Waals surface area (Å²) in [5, 5.41) is 18.1. The molecule has 2 bridgehead atoms. The van der Waals surface area contributed by atoms with Gasteiger partial charge in [-0.3, -0.25) is 0 Å². The molecule has 0 spiro atoms. The predicted molar refractivity (Wildman–Crippen MR) is 100 cm³/mol. The molecule has 0 aromatic heterocycles. The van der Waals surface area contributed by atoms with Crippen LogP contribution in [0.5, 0.6) is 0 Å². The Labute approximate surface area is 152 Å². The van der Waals surface area contributed by atoms with Crippen molar-refractivity contribution in [1.29, 1.82) is 10.5 Å². The first kappa shape index (κ1) is 14.7. The third kappa shape index (κ3) is 1.91. The molecule has 0 amide bonds. The van der Waals surface area contributed by atoms with Crippen molar-refractivity contribution < 1.29 is 0 Å². The summed E-state index contributed by atoms with van der Waals surface area (Å²) in [5.74, 6) is 0.468. The minimum Gasteiger partial charge on any atom is -0.192 e. The minimum absolute atomic E-state index is 0.131. The highest BCUT2D eigenvalue weighted by molar-refractivity contribution is 5.71. The van der Waals surface area contributed by atoms with Crippen molar-refractivity contribution in [3.05, 3.63) is 111 Å². The lowest BCUT2D eigenvalue weighted by Crippen LogP contribution is -2.27. The maximum Gasteiger partial charge on any atom is 0.130 e. The van der Waals surface area contributed by atoms with Crippen LogP contribution in [0.15, 0.2) is 72.3 Å². The maximum atomic E-state index is 9.05. The average molecular weight is 330 g/mol. The number of hydrogen-bond acceptors (Lipinski definition) is 2. The third-order valence-corrected chi connectivity index (χ3v) is 5.52. The van der Waals surface area contributed by atoms with Gasteiger partial charge in [-0.1, -0.05) is 66.7 Å². The molecule has 0 saturated carbocycles. The monoisotopic (exact) mass is 330 g/mol. The van der Waals surface area contributed by atoms with Crippen LogP contribution in [0.4, 0.5) is 0 Å². The Kier molecular flexibility index (Phi) is 3.08. The lowest BCUT2D eigenvalue weighted by molar-refractivity contribution is 0.754. The van der Waals surface area contributed by atoms with E-state index in [0.717, 1.165) is 5.56 Å². The zero-order valence-corrected chi connectivity index (χ0v) is 14.0. The topological polar surface area (TPSA) is 47.6 Å². The summed E-state index contributed by atoms with van der Waals surface area (Å²) in [5.41, 5.74) is 9.17. The number of nitriles is 2. The Hall–Kier alpha value is -3.62. The van der Waals surface area contributed by atoms with Crippen LogP contribution in [-0.4, -0.2) is 0 Å². The standard InChI is InChI=1S/C24H14N2/c25-13-16(14-26)11-15-9-10-21-22(12-15)24-19-7-3-1-5-17(19)23(21)18-6-2-4-8-20(18)24/h1-12,23-24H. The highest BCUT2D eigenvalue weighted by atomic mass is 14.4. The third-order valence-electron chi connectivity index (χ3n) is 5.52. The second kappa shape index (κ2) is 5.45. The molecule has 120 valence electrons. The molecule has 0 radical (unpaired) electrons. The summed E-state index contributed by atoms with van der Waals surface area (Å²) in [6, 6.07) is 27.6. The summed E-state index contributed by atoms with van der Waals surface area (Å²) in [7, 11) is 0. The van der Waals surface area contributed by atoms with Gasteiger partial charge in [0.05, 0.1) is 0 Å². The molecule has 3 aliphatic carbocycles. The molecule has 0 aliphatic heterocycles. The van der Waals surface area contributed by atoms with Crippen LogP contribution in [0.2, 0.25) is 0 Å². The first-order chi connectivity index (χ1) is 12.8. The second-order valence-electron chi connectivity index (χ2n) is 6.79. The molecule has 0 atom stereocenters. The molecule has 0 fully saturated rings. The number of benzene rings is 3. The molecular weight excluding hydrogens is 316 g/mol. The highest BCUT2D eigenvalue weighted by Crippen LogP contribution is 2.55. The van der Waals surface area contributed by atoms with Crippen LogP contribution in [0.1, 0.15) is 50.8 Å². The van der Waals surface area contributed by atoms with Gasteiger partial charge in [-0.05, 0) is 45.0 Å². The van der Waals surface area contributed by atoms with E-state index in [1.165, 1.54) is 33.4 Å². The highest BCUT2D eigenvalue weighted by Gasteiger charge is 2.40. The zero-order valence-electron chi connectivity index (χ0n) is 14.0. The Balaban J connectivity index is 1.77. The van der Waals surface area contributed by atoms with E-state index in [1.54, 1.807) is 6.08 Å². The van der Waals surface area contributed by atoms with Gasteiger partial charge in [0.1, 0.15) is 17.7 Å². The van der Waals surface area contributed by atoms with Gasteiger partial charge in [-0.2, -0.15) is 10.5 Å². The van der Waals surface area contributed by atoms with Crippen molar-refractivity contribution in [2.45, 2.75) is 11.8 Å². The van der Waals surface area contributed by atoms with Crippen LogP contribution in [0.3, 0.4) is 0 Å². The van der Waals surface area contributed by atoms with Crippen LogP contribution in [-0.2, 0) is 0 Å². The Bertz CT molecular complexity index is 1110. The molecule has 0 heterocycles. The zero-order chi connectivity index (χ0) is 17.7. The van der Waals surface area contributed by atoms with Gasteiger partial charge in [0.15, 0.2) is 0 Å². The molecule has 3 aliphatic rings. The Morgan fingerprint density at radius 3 is 1.62 bits per heavy atom. The SMILES string of the molecule is N#CC(C#N)=Cc1ccc2c(c1)C1c3ccccc3C2c2ccccc21. The van der Waals surface area contributed by atoms with E-state index in [4.69, 9.17) is 10.5 Å². The fourth-order valence-corrected chi connectivity index (χ4v) is 4.53. The van der Waals surface area contributed by atoms with Gasteiger partial charge in [-0.15, -0.1) is 0 Å². The van der Waals surface area contributed by atoms with Crippen molar-refractivity contribution in [2.24, 2.45) is 0 Å². The maximum absolute atomic E-state index is 9.05. The summed E-state index contributed by atoms with van der Waals surface area (Å²) in [4.78, 5) is 0. The second-order valence-corrected chi connectivity index (χ2v) is 6.79. The fourth-order valence-electron chi connectivity index (χ4n) is 4.53. The molecule has 2 nitrogen and oxygen atoms in total. The number of allylic oxidation sites excluding steroid dienone is 1. The fraction of sp³-hybridized carbons (Fsp3) is 0.0833. The van der Waals surface area contributed by atoms with E-state index in [0.29, 0.717) is 0 Å². The lowest BCUT2D eigenvalue weighted by Gasteiger charge is -2.42. The first-order valence-electron chi connectivity index (χ1n) is 8.65. The van der Waals surface area contributed by atoms with E-state index >= 15 is 0 Å². The van der Waals surface area contributed by atoms with E-state index in [9.17, 15) is 0 Å². The van der Waals surface area contributed by atoms with Crippen LogP contribution < -0.4 is 0 Å². The van der Waals surface area contributed by atoms with E-state index < -0.39 is 0 Å². The van der Waals surface area contributed by atoms with Crippen molar-refractivity contribution in [2.75, 3.05) is 0 Å². The number of rotatable bonds is 1. The largest absolute Gasteiger partial charge is 0.192 e. The lowest BCUT2D eigenvalue weighted by atomic mass is 9.61. The van der Waals surface area contributed by atoms with Gasteiger partial charge < -0.3 is 0 Å². The molecule has 26 heavy (non-hydrogen) atoms. The van der Waals surface area contributed by atoms with Crippen molar-refractivity contribution in [3.8, 4) is 12.1 Å². The summed E-state index contributed by atoms with van der Waals surface area (Å²) in [6.07, 6.45) is 1.67. The molecule has 6 rings (SSSR count). The minimum atomic E-state index is 0.131. The molecule has 0 N–H and O–H groups in total. The predicted octanol–water partition coefficient (Wildman–Crippen LogP) is 5.10. The average Bonchev–Trinajstić information content (AvgIpc) is 2.71. The van der Waals surface area contributed by atoms with E-state index in [2.05, 4.69) is 60.7 Å². The summed E-state index contributed by atoms with van der Waals surface area (Å²) in [6.45, 7) is 0. The number of hydrogen-bond donors (Lipinski definition) is 0. The number of nitrogens with zero attached hydrogens (tertiary/aromatic N) is 2. The quantitative estimate of drug-likeness (QED) is 0.401. The van der Waals surface area contributed by atoms with Crippen LogP contribution in [0.25, 0.3) is 6.08 Å². The van der Waals surface area contributed by atoms with Crippen molar-refractivity contribution in [1.82, 2.24) is 0 Å². The molecule has 3 aromatic carbocycles. The van der Waals surface area contributed by atoms with Gasteiger partial charge in [0.2, 0.25) is 0 Å². The van der Waals surface area contributed by atoms with Crippen molar-refractivity contribution >= 4 is 6.08 Å². The van der Waals surface area contributed by atoms with E-state index in [-0.39, 0.29) is 17.4 Å². The normalized spacial score (nSPS) is 17.9. The molecule has 3 aromatic rings. The molecule has 0 saturated heterocycles. The Morgan fingerprint density at radius 2 is 1.12 bits per heavy atom. The molecular formula is C24H14N2. The van der Waals surface area contributed by atoms with Crippen molar-refractivity contribution in [3.63, 3.8) is 0 Å².